The second-order valence-corrected chi connectivity index (χ2v) is 3.57. The highest BCUT2D eigenvalue weighted by atomic mass is 35.5. The minimum absolute atomic E-state index is 0.0368. The van der Waals surface area contributed by atoms with Crippen molar-refractivity contribution in [2.24, 2.45) is 5.73 Å². The highest BCUT2D eigenvalue weighted by molar-refractivity contribution is 6.30. The van der Waals surface area contributed by atoms with Crippen LogP contribution >= 0.6 is 11.6 Å². The van der Waals surface area contributed by atoms with Gasteiger partial charge in [-0.25, -0.2) is 0 Å². The summed E-state index contributed by atoms with van der Waals surface area (Å²) in [4.78, 5) is 0. The van der Waals surface area contributed by atoms with E-state index in [9.17, 15) is 0 Å². The van der Waals surface area contributed by atoms with Crippen molar-refractivity contribution in [1.29, 1.82) is 0 Å². The van der Waals surface area contributed by atoms with Gasteiger partial charge in [0.05, 0.1) is 0 Å². The Balaban J connectivity index is 2.94. The molecule has 0 bridgehead atoms. The molecule has 0 aliphatic heterocycles. The third-order valence-electron chi connectivity index (χ3n) is 2.05. The lowest BCUT2D eigenvalue weighted by Crippen LogP contribution is -2.10. The van der Waals surface area contributed by atoms with Crippen LogP contribution in [0.5, 0.6) is 0 Å². The van der Waals surface area contributed by atoms with Crippen LogP contribution in [0.2, 0.25) is 5.02 Å². The Kier molecular flexibility index (Phi) is 3.52. The molecular formula is C11H14ClN. The van der Waals surface area contributed by atoms with Gasteiger partial charge in [-0.1, -0.05) is 23.7 Å². The summed E-state index contributed by atoms with van der Waals surface area (Å²) < 4.78 is 0. The number of benzene rings is 1. The van der Waals surface area contributed by atoms with Crippen molar-refractivity contribution in [3.05, 3.63) is 47.0 Å². The van der Waals surface area contributed by atoms with Crippen LogP contribution in [-0.4, -0.2) is 0 Å². The van der Waals surface area contributed by atoms with Crippen molar-refractivity contribution in [2.75, 3.05) is 0 Å². The van der Waals surface area contributed by atoms with Gasteiger partial charge in [-0.2, -0.15) is 0 Å². The Morgan fingerprint density at radius 3 is 2.85 bits per heavy atom. The van der Waals surface area contributed by atoms with Crippen molar-refractivity contribution in [3.8, 4) is 0 Å². The smallest absolute Gasteiger partial charge is 0.0408 e. The highest BCUT2D eigenvalue weighted by Crippen LogP contribution is 2.21. The Labute approximate surface area is 84.2 Å². The minimum Gasteiger partial charge on any atom is -0.324 e. The normalized spacial score (nSPS) is 12.5. The van der Waals surface area contributed by atoms with E-state index in [-0.39, 0.29) is 6.04 Å². The average molecular weight is 196 g/mol. The Bertz CT molecular complexity index is 307. The van der Waals surface area contributed by atoms with Crippen molar-refractivity contribution in [2.45, 2.75) is 19.4 Å². The minimum atomic E-state index is 0.0368. The second-order valence-electron chi connectivity index (χ2n) is 3.13. The molecule has 70 valence electrons. The molecule has 1 nitrogen and oxygen atoms in total. The first-order valence-corrected chi connectivity index (χ1v) is 4.65. The zero-order chi connectivity index (χ0) is 9.84. The molecule has 1 aromatic rings. The van der Waals surface area contributed by atoms with Gasteiger partial charge in [-0.3, -0.25) is 0 Å². The van der Waals surface area contributed by atoms with Crippen LogP contribution in [0, 0.1) is 6.92 Å². The van der Waals surface area contributed by atoms with Gasteiger partial charge in [0.15, 0.2) is 0 Å². The molecule has 2 heteroatoms. The van der Waals surface area contributed by atoms with E-state index in [0.717, 1.165) is 22.6 Å². The molecule has 1 rings (SSSR count). The zero-order valence-electron chi connectivity index (χ0n) is 7.76. The van der Waals surface area contributed by atoms with E-state index in [1.54, 1.807) is 0 Å². The van der Waals surface area contributed by atoms with Crippen LogP contribution in [-0.2, 0) is 0 Å². The number of halogens is 1. The van der Waals surface area contributed by atoms with Crippen molar-refractivity contribution >= 4 is 11.6 Å². The Morgan fingerprint density at radius 2 is 2.31 bits per heavy atom. The molecule has 0 aromatic heterocycles. The van der Waals surface area contributed by atoms with Gasteiger partial charge in [-0.05, 0) is 36.6 Å². The predicted molar refractivity (Wildman–Crippen MR) is 57.9 cm³/mol. The monoisotopic (exact) mass is 195 g/mol. The fourth-order valence-corrected chi connectivity index (χ4v) is 1.59. The van der Waals surface area contributed by atoms with E-state index >= 15 is 0 Å². The molecule has 13 heavy (non-hydrogen) atoms. The summed E-state index contributed by atoms with van der Waals surface area (Å²) in [5.41, 5.74) is 8.23. The second kappa shape index (κ2) is 4.45. The lowest BCUT2D eigenvalue weighted by atomic mass is 10.00. The van der Waals surface area contributed by atoms with Crippen molar-refractivity contribution in [3.63, 3.8) is 0 Å². The van der Waals surface area contributed by atoms with E-state index in [1.165, 1.54) is 0 Å². The first-order chi connectivity index (χ1) is 6.15. The lowest BCUT2D eigenvalue weighted by molar-refractivity contribution is 0.736. The molecule has 0 aliphatic rings. The average Bonchev–Trinajstić information content (AvgIpc) is 2.04. The van der Waals surface area contributed by atoms with Gasteiger partial charge in [0.25, 0.3) is 0 Å². The molecule has 0 amide bonds. The van der Waals surface area contributed by atoms with Gasteiger partial charge in [-0.15, -0.1) is 6.58 Å². The summed E-state index contributed by atoms with van der Waals surface area (Å²) >= 11 is 5.84. The maximum atomic E-state index is 5.94. The molecule has 0 saturated carbocycles. The summed E-state index contributed by atoms with van der Waals surface area (Å²) in [6, 6.07) is 5.81. The summed E-state index contributed by atoms with van der Waals surface area (Å²) in [6.45, 7) is 5.69. The van der Waals surface area contributed by atoms with Crippen molar-refractivity contribution in [1.82, 2.24) is 0 Å². The molecule has 0 saturated heterocycles. The molecule has 0 radical (unpaired) electrons. The maximum absolute atomic E-state index is 5.94. The molecule has 1 aromatic carbocycles. The van der Waals surface area contributed by atoms with E-state index in [1.807, 2.05) is 31.2 Å². The summed E-state index contributed by atoms with van der Waals surface area (Å²) in [6.07, 6.45) is 2.63. The molecule has 2 N–H and O–H groups in total. The maximum Gasteiger partial charge on any atom is 0.0408 e. The first-order valence-electron chi connectivity index (χ1n) is 4.27. The number of nitrogens with two attached hydrogens (primary N) is 1. The molecule has 1 atom stereocenters. The third kappa shape index (κ3) is 2.58. The van der Waals surface area contributed by atoms with Crippen LogP contribution in [0.4, 0.5) is 0 Å². The molecule has 0 spiro atoms. The first kappa shape index (κ1) is 10.3. The number of hydrogen-bond acceptors (Lipinski definition) is 1. The summed E-state index contributed by atoms with van der Waals surface area (Å²) in [7, 11) is 0. The quantitative estimate of drug-likeness (QED) is 0.737. The molecule has 0 aliphatic carbocycles. The molecular weight excluding hydrogens is 182 g/mol. The van der Waals surface area contributed by atoms with Crippen LogP contribution in [0.25, 0.3) is 0 Å². The van der Waals surface area contributed by atoms with Gasteiger partial charge < -0.3 is 5.73 Å². The van der Waals surface area contributed by atoms with E-state index < -0.39 is 0 Å². The topological polar surface area (TPSA) is 26.0 Å². The van der Waals surface area contributed by atoms with Crippen LogP contribution in [0.1, 0.15) is 23.6 Å². The lowest BCUT2D eigenvalue weighted by Gasteiger charge is -2.12. The highest BCUT2D eigenvalue weighted by Gasteiger charge is 2.06. The molecule has 0 heterocycles. The van der Waals surface area contributed by atoms with Crippen LogP contribution in [0.15, 0.2) is 30.9 Å². The predicted octanol–water partition coefficient (Wildman–Crippen LogP) is 3.22. The van der Waals surface area contributed by atoms with Gasteiger partial charge >= 0.3 is 0 Å². The van der Waals surface area contributed by atoms with E-state index in [0.29, 0.717) is 0 Å². The Hall–Kier alpha value is -0.790. The zero-order valence-corrected chi connectivity index (χ0v) is 8.51. The third-order valence-corrected chi connectivity index (χ3v) is 2.29. The SMILES string of the molecule is C=CC[C@H](N)c1ccc(Cl)cc1C. The van der Waals surface area contributed by atoms with E-state index in [4.69, 9.17) is 17.3 Å². The van der Waals surface area contributed by atoms with Gasteiger partial charge in [0.1, 0.15) is 0 Å². The molecule has 0 fully saturated rings. The van der Waals surface area contributed by atoms with Crippen LogP contribution < -0.4 is 5.73 Å². The Morgan fingerprint density at radius 1 is 1.62 bits per heavy atom. The van der Waals surface area contributed by atoms with E-state index in [2.05, 4.69) is 6.58 Å². The van der Waals surface area contributed by atoms with Gasteiger partial charge in [0, 0.05) is 11.1 Å². The fraction of sp³-hybridized carbons (Fsp3) is 0.273. The summed E-state index contributed by atoms with van der Waals surface area (Å²) in [5, 5.41) is 0.757. The summed E-state index contributed by atoms with van der Waals surface area (Å²) in [5.74, 6) is 0. The fourth-order valence-electron chi connectivity index (χ4n) is 1.36. The number of rotatable bonds is 3. The number of hydrogen-bond donors (Lipinski definition) is 1. The van der Waals surface area contributed by atoms with Crippen LogP contribution in [0.3, 0.4) is 0 Å². The van der Waals surface area contributed by atoms with Gasteiger partial charge in [0.2, 0.25) is 0 Å². The standard InChI is InChI=1S/C11H14ClN/c1-3-4-11(13)10-6-5-9(12)7-8(10)2/h3,5-7,11H,1,4,13H2,2H3/t11-/m0/s1. The van der Waals surface area contributed by atoms with Crippen molar-refractivity contribution < 1.29 is 0 Å². The largest absolute Gasteiger partial charge is 0.324 e. The molecule has 0 unspecified atom stereocenters. The number of aryl methyl sites for hydroxylation is 1.